The van der Waals surface area contributed by atoms with Crippen LogP contribution in [0.3, 0.4) is 0 Å². The molecule has 0 aliphatic carbocycles. The molecule has 1 heterocycles. The van der Waals surface area contributed by atoms with Crippen LogP contribution in [-0.2, 0) is 8.03 Å². The van der Waals surface area contributed by atoms with E-state index in [0.717, 1.165) is 17.8 Å². The van der Waals surface area contributed by atoms with E-state index in [1.165, 1.54) is 0 Å². The average molecular weight is 324 g/mol. The highest BCUT2D eigenvalue weighted by Gasteiger charge is 2.30. The number of hydrogen-bond acceptors (Lipinski definition) is 2. The van der Waals surface area contributed by atoms with Crippen molar-refractivity contribution < 1.29 is 4.79 Å². The van der Waals surface area contributed by atoms with Gasteiger partial charge in [-0.05, 0) is 20.8 Å². The fourth-order valence-electron chi connectivity index (χ4n) is 1.41. The Labute approximate surface area is 100 Å². The predicted molar refractivity (Wildman–Crippen MR) is 62.9 cm³/mol. The van der Waals surface area contributed by atoms with Gasteiger partial charge in [0.25, 0.3) is 0 Å². The summed E-state index contributed by atoms with van der Waals surface area (Å²) in [5, 5.41) is 0. The maximum Gasteiger partial charge on any atom is 0.176 e. The molecule has 0 spiro atoms. The second-order valence-corrected chi connectivity index (χ2v) is 6.96. The normalized spacial score (nSPS) is 12.1. The quantitative estimate of drug-likeness (QED) is 0.633. The van der Waals surface area contributed by atoms with Crippen molar-refractivity contribution in [3.8, 4) is 0 Å². The molecule has 0 saturated carbocycles. The average Bonchev–Trinajstić information content (AvgIpc) is 2.47. The Morgan fingerprint density at radius 1 is 1.57 bits per heavy atom. The number of alkyl halides is 2. The largest absolute Gasteiger partial charge is 0.327 e. The van der Waals surface area contributed by atoms with E-state index in [1.807, 2.05) is 11.5 Å². The van der Waals surface area contributed by atoms with Gasteiger partial charge in [-0.3, -0.25) is 0 Å². The summed E-state index contributed by atoms with van der Waals surface area (Å²) in [6.45, 7) is 6.03. The van der Waals surface area contributed by atoms with E-state index in [-0.39, 0.29) is 6.04 Å². The van der Waals surface area contributed by atoms with Crippen molar-refractivity contribution >= 4 is 38.1 Å². The lowest BCUT2D eigenvalue weighted by Gasteiger charge is -2.19. The SMILES string of the molecule is Cc1ncc(C(Br)(Br)C=O)n1C(C)C. The lowest BCUT2D eigenvalue weighted by molar-refractivity contribution is -0.108. The van der Waals surface area contributed by atoms with E-state index < -0.39 is 3.23 Å². The van der Waals surface area contributed by atoms with Gasteiger partial charge in [0.15, 0.2) is 9.52 Å². The second-order valence-electron chi connectivity index (χ2n) is 3.40. The summed E-state index contributed by atoms with van der Waals surface area (Å²) in [4.78, 5) is 15.1. The highest BCUT2D eigenvalue weighted by molar-refractivity contribution is 9.25. The van der Waals surface area contributed by atoms with Gasteiger partial charge >= 0.3 is 0 Å². The van der Waals surface area contributed by atoms with Gasteiger partial charge in [-0.1, -0.05) is 31.9 Å². The van der Waals surface area contributed by atoms with Gasteiger partial charge in [0.1, 0.15) is 5.82 Å². The van der Waals surface area contributed by atoms with Crippen LogP contribution >= 0.6 is 31.9 Å². The molecule has 0 saturated heterocycles. The predicted octanol–water partition coefficient (Wildman–Crippen LogP) is 2.91. The minimum atomic E-state index is -0.828. The second kappa shape index (κ2) is 4.14. The topological polar surface area (TPSA) is 34.9 Å². The molecule has 0 atom stereocenters. The van der Waals surface area contributed by atoms with Crippen LogP contribution < -0.4 is 0 Å². The number of hydrogen-bond donors (Lipinski definition) is 0. The van der Waals surface area contributed by atoms with E-state index in [0.29, 0.717) is 0 Å². The molecule has 0 aromatic carbocycles. The van der Waals surface area contributed by atoms with Gasteiger partial charge in [-0.15, -0.1) is 0 Å². The Morgan fingerprint density at radius 2 is 2.14 bits per heavy atom. The van der Waals surface area contributed by atoms with Crippen molar-refractivity contribution in [1.82, 2.24) is 9.55 Å². The summed E-state index contributed by atoms with van der Waals surface area (Å²) in [5.41, 5.74) is 0.819. The third-order valence-corrected chi connectivity index (χ3v) is 3.17. The van der Waals surface area contributed by atoms with E-state index in [4.69, 9.17) is 0 Å². The van der Waals surface area contributed by atoms with Gasteiger partial charge in [0.05, 0.1) is 11.9 Å². The summed E-state index contributed by atoms with van der Waals surface area (Å²) >= 11 is 6.62. The number of carbonyl (C=O) groups is 1. The number of carbonyl (C=O) groups excluding carboxylic acids is 1. The number of aryl methyl sites for hydroxylation is 1. The Morgan fingerprint density at radius 3 is 2.57 bits per heavy atom. The molecule has 1 rings (SSSR count). The zero-order chi connectivity index (χ0) is 10.9. The maximum atomic E-state index is 10.9. The molecule has 1 aromatic rings. The summed E-state index contributed by atoms with van der Waals surface area (Å²) in [5.74, 6) is 0.903. The van der Waals surface area contributed by atoms with Gasteiger partial charge in [0, 0.05) is 6.04 Å². The van der Waals surface area contributed by atoms with Crippen molar-refractivity contribution in [2.24, 2.45) is 0 Å². The molecule has 0 radical (unpaired) electrons. The number of rotatable bonds is 3. The molecule has 0 N–H and O–H groups in total. The van der Waals surface area contributed by atoms with E-state index in [1.54, 1.807) is 6.20 Å². The van der Waals surface area contributed by atoms with Gasteiger partial charge in [-0.25, -0.2) is 4.98 Å². The van der Waals surface area contributed by atoms with E-state index >= 15 is 0 Å². The Hall–Kier alpha value is -0.160. The van der Waals surface area contributed by atoms with Crippen LogP contribution in [0, 0.1) is 6.92 Å². The Bertz CT molecular complexity index is 345. The molecule has 0 fully saturated rings. The first kappa shape index (κ1) is 11.9. The molecule has 14 heavy (non-hydrogen) atoms. The summed E-state index contributed by atoms with van der Waals surface area (Å²) < 4.78 is 1.18. The molecule has 0 bridgehead atoms. The summed E-state index contributed by atoms with van der Waals surface area (Å²) in [6.07, 6.45) is 2.51. The van der Waals surface area contributed by atoms with Crippen LogP contribution in [0.4, 0.5) is 0 Å². The number of aldehydes is 1. The lowest BCUT2D eigenvalue weighted by Crippen LogP contribution is -2.18. The van der Waals surface area contributed by atoms with Crippen molar-refractivity contribution in [1.29, 1.82) is 0 Å². The van der Waals surface area contributed by atoms with Crippen molar-refractivity contribution in [3.05, 3.63) is 17.7 Å². The van der Waals surface area contributed by atoms with Crippen LogP contribution in [0.25, 0.3) is 0 Å². The number of imidazole rings is 1. The third-order valence-electron chi connectivity index (χ3n) is 1.99. The first-order valence-corrected chi connectivity index (χ1v) is 5.87. The van der Waals surface area contributed by atoms with Crippen LogP contribution in [0.5, 0.6) is 0 Å². The van der Waals surface area contributed by atoms with Gasteiger partial charge in [-0.2, -0.15) is 0 Å². The molecule has 78 valence electrons. The van der Waals surface area contributed by atoms with E-state index in [9.17, 15) is 4.79 Å². The molecule has 0 aliphatic heterocycles. The van der Waals surface area contributed by atoms with Crippen molar-refractivity contribution in [2.75, 3.05) is 0 Å². The van der Waals surface area contributed by atoms with E-state index in [2.05, 4.69) is 50.7 Å². The standard InChI is InChI=1S/C9H12Br2N2O/c1-6(2)13-7(3)12-4-8(13)9(10,11)5-14/h4-6H,1-3H3. The van der Waals surface area contributed by atoms with Gasteiger partial charge in [0.2, 0.25) is 0 Å². The first-order valence-electron chi connectivity index (χ1n) is 4.28. The zero-order valence-electron chi connectivity index (χ0n) is 8.29. The Balaban J connectivity index is 3.28. The molecule has 3 nitrogen and oxygen atoms in total. The lowest BCUT2D eigenvalue weighted by atomic mass is 10.3. The highest BCUT2D eigenvalue weighted by atomic mass is 79.9. The number of aromatic nitrogens is 2. The first-order chi connectivity index (χ1) is 6.40. The zero-order valence-corrected chi connectivity index (χ0v) is 11.5. The highest BCUT2D eigenvalue weighted by Crippen LogP contribution is 2.37. The molecular formula is C9H12Br2N2O. The van der Waals surface area contributed by atoms with Crippen LogP contribution in [0.2, 0.25) is 0 Å². The molecular weight excluding hydrogens is 312 g/mol. The fraction of sp³-hybridized carbons (Fsp3) is 0.556. The van der Waals surface area contributed by atoms with Gasteiger partial charge < -0.3 is 9.36 Å². The molecule has 0 amide bonds. The van der Waals surface area contributed by atoms with Crippen molar-refractivity contribution in [2.45, 2.75) is 30.0 Å². The number of halogens is 2. The van der Waals surface area contributed by atoms with Crippen molar-refractivity contribution in [3.63, 3.8) is 0 Å². The fourth-order valence-corrected chi connectivity index (χ4v) is 2.00. The van der Waals surface area contributed by atoms with Crippen LogP contribution in [0.1, 0.15) is 31.4 Å². The molecule has 0 aliphatic rings. The monoisotopic (exact) mass is 322 g/mol. The molecule has 5 heteroatoms. The molecule has 1 aromatic heterocycles. The van der Waals surface area contributed by atoms with Crippen LogP contribution in [-0.4, -0.2) is 15.8 Å². The smallest absolute Gasteiger partial charge is 0.176 e. The minimum absolute atomic E-state index is 0.280. The third kappa shape index (κ3) is 2.08. The summed E-state index contributed by atoms with van der Waals surface area (Å²) in [6, 6.07) is 0.280. The minimum Gasteiger partial charge on any atom is -0.327 e. The maximum absolute atomic E-state index is 10.9. The summed E-state index contributed by atoms with van der Waals surface area (Å²) in [7, 11) is 0. The molecule has 0 unspecified atom stereocenters. The number of nitrogens with zero attached hydrogens (tertiary/aromatic N) is 2. The van der Waals surface area contributed by atoms with Crippen LogP contribution in [0.15, 0.2) is 6.20 Å². The Kier molecular flexibility index (Phi) is 3.53.